The van der Waals surface area contributed by atoms with Crippen molar-refractivity contribution in [3.05, 3.63) is 47.3 Å². The second-order valence-corrected chi connectivity index (χ2v) is 6.83. The maximum absolute atomic E-state index is 13.0. The van der Waals surface area contributed by atoms with Gasteiger partial charge in [-0.25, -0.2) is 9.78 Å². The Labute approximate surface area is 185 Å². The number of H-pyrrole nitrogens is 1. The van der Waals surface area contributed by atoms with Crippen molar-refractivity contribution in [1.29, 1.82) is 0 Å². The molecule has 1 N–H and O–H groups in total. The number of esters is 1. The van der Waals surface area contributed by atoms with Crippen molar-refractivity contribution in [2.24, 2.45) is 0 Å². The van der Waals surface area contributed by atoms with Gasteiger partial charge in [0.2, 0.25) is 11.7 Å². The summed E-state index contributed by atoms with van der Waals surface area (Å²) >= 11 is 0. The summed E-state index contributed by atoms with van der Waals surface area (Å²) in [6.45, 7) is 3.50. The number of nitrogens with one attached hydrogen (secondary N) is 1. The van der Waals surface area contributed by atoms with E-state index < -0.39 is 11.8 Å². The lowest BCUT2D eigenvalue weighted by molar-refractivity contribution is -0.139. The van der Waals surface area contributed by atoms with Crippen LogP contribution in [0.1, 0.15) is 12.5 Å². The second-order valence-electron chi connectivity index (χ2n) is 6.83. The first kappa shape index (κ1) is 23.5. The number of likely N-dealkylation sites (N-methyl/N-ethyl adjacent to an activating group) is 1. The number of carbonyl (C=O) groups is 2. The summed E-state index contributed by atoms with van der Waals surface area (Å²) in [5.41, 5.74) is 1.26. The lowest BCUT2D eigenvalue weighted by atomic mass is 10.1. The SMILES string of the molecule is CCOC(=O)C1=C(N(C)CCOCOCCOC)OC(=Cc2c[nH]c3ncccc23)C1=O. The van der Waals surface area contributed by atoms with E-state index in [4.69, 9.17) is 23.7 Å². The lowest BCUT2D eigenvalue weighted by Crippen LogP contribution is -2.26. The summed E-state index contributed by atoms with van der Waals surface area (Å²) in [6.07, 6.45) is 4.98. The summed E-state index contributed by atoms with van der Waals surface area (Å²) in [7, 11) is 3.30. The molecular formula is C22H27N3O7. The molecule has 3 rings (SSSR count). The average molecular weight is 445 g/mol. The molecule has 0 radical (unpaired) electrons. The monoisotopic (exact) mass is 445 g/mol. The van der Waals surface area contributed by atoms with Crippen LogP contribution in [0.4, 0.5) is 0 Å². The number of ether oxygens (including phenoxy) is 5. The number of Topliss-reactive ketones (excluding diaryl/α,β-unsaturated/α-hetero) is 1. The second kappa shape index (κ2) is 11.4. The van der Waals surface area contributed by atoms with Gasteiger partial charge < -0.3 is 33.6 Å². The molecule has 2 aromatic rings. The highest BCUT2D eigenvalue weighted by atomic mass is 16.7. The van der Waals surface area contributed by atoms with Crippen molar-refractivity contribution >= 4 is 28.9 Å². The summed E-state index contributed by atoms with van der Waals surface area (Å²) in [6, 6.07) is 3.68. The van der Waals surface area contributed by atoms with E-state index in [1.165, 1.54) is 0 Å². The zero-order valence-electron chi connectivity index (χ0n) is 18.4. The molecule has 172 valence electrons. The third kappa shape index (κ3) is 5.52. The molecule has 2 aromatic heterocycles. The van der Waals surface area contributed by atoms with E-state index in [2.05, 4.69) is 9.97 Å². The van der Waals surface area contributed by atoms with Crippen LogP contribution in [0, 0.1) is 0 Å². The maximum atomic E-state index is 13.0. The topological polar surface area (TPSA) is 112 Å². The van der Waals surface area contributed by atoms with Crippen LogP contribution in [-0.4, -0.2) is 80.5 Å². The fourth-order valence-corrected chi connectivity index (χ4v) is 3.03. The Morgan fingerprint density at radius 3 is 2.88 bits per heavy atom. The Morgan fingerprint density at radius 2 is 2.09 bits per heavy atom. The number of nitrogens with zero attached hydrogens (tertiary/aromatic N) is 2. The smallest absolute Gasteiger partial charge is 0.347 e. The third-order valence-corrected chi connectivity index (χ3v) is 4.64. The number of hydrogen-bond acceptors (Lipinski definition) is 9. The lowest BCUT2D eigenvalue weighted by Gasteiger charge is -2.20. The zero-order valence-corrected chi connectivity index (χ0v) is 18.4. The molecule has 1 aliphatic rings. The number of aromatic nitrogens is 2. The molecule has 1 aliphatic heterocycles. The quantitative estimate of drug-likeness (QED) is 0.172. The van der Waals surface area contributed by atoms with E-state index in [1.54, 1.807) is 50.5 Å². The van der Waals surface area contributed by atoms with E-state index in [-0.39, 0.29) is 30.6 Å². The molecule has 0 aromatic carbocycles. The number of allylic oxidation sites excluding steroid dienone is 1. The average Bonchev–Trinajstić information content (AvgIpc) is 3.35. The van der Waals surface area contributed by atoms with Gasteiger partial charge in [0.1, 0.15) is 12.4 Å². The first-order valence-corrected chi connectivity index (χ1v) is 10.2. The Balaban J connectivity index is 1.73. The highest BCUT2D eigenvalue weighted by Crippen LogP contribution is 2.30. The molecule has 0 bridgehead atoms. The molecule has 10 heteroatoms. The number of carbonyl (C=O) groups excluding carboxylic acids is 2. The van der Waals surface area contributed by atoms with Crippen LogP contribution in [0.2, 0.25) is 0 Å². The number of aromatic amines is 1. The van der Waals surface area contributed by atoms with Crippen molar-refractivity contribution < 1.29 is 33.3 Å². The van der Waals surface area contributed by atoms with Gasteiger partial charge >= 0.3 is 5.97 Å². The van der Waals surface area contributed by atoms with E-state index in [0.29, 0.717) is 32.0 Å². The van der Waals surface area contributed by atoms with E-state index in [9.17, 15) is 9.59 Å². The minimum Gasteiger partial charge on any atom is -0.462 e. The molecule has 0 unspecified atom stereocenters. The van der Waals surface area contributed by atoms with Crippen LogP contribution in [0.25, 0.3) is 17.1 Å². The van der Waals surface area contributed by atoms with Crippen LogP contribution in [0.15, 0.2) is 41.7 Å². The molecule has 0 aliphatic carbocycles. The summed E-state index contributed by atoms with van der Waals surface area (Å²) in [4.78, 5) is 34.4. The Morgan fingerprint density at radius 1 is 1.28 bits per heavy atom. The Bertz CT molecular complexity index is 1010. The van der Waals surface area contributed by atoms with Gasteiger partial charge in [0.25, 0.3) is 0 Å². The van der Waals surface area contributed by atoms with Crippen LogP contribution < -0.4 is 0 Å². The van der Waals surface area contributed by atoms with E-state index in [0.717, 1.165) is 10.9 Å². The van der Waals surface area contributed by atoms with Crippen molar-refractivity contribution in [2.75, 3.05) is 53.9 Å². The molecule has 3 heterocycles. The maximum Gasteiger partial charge on any atom is 0.347 e. The van der Waals surface area contributed by atoms with Gasteiger partial charge in [-0.15, -0.1) is 0 Å². The predicted molar refractivity (Wildman–Crippen MR) is 115 cm³/mol. The fraction of sp³-hybridized carbons (Fsp3) is 0.409. The Kier molecular flexibility index (Phi) is 8.37. The number of hydrogen-bond donors (Lipinski definition) is 1. The van der Waals surface area contributed by atoms with Crippen LogP contribution in [0.5, 0.6) is 0 Å². The van der Waals surface area contributed by atoms with Gasteiger partial charge in [-0.05, 0) is 25.1 Å². The minimum atomic E-state index is -0.729. The van der Waals surface area contributed by atoms with Crippen molar-refractivity contribution in [3.8, 4) is 0 Å². The predicted octanol–water partition coefficient (Wildman–Crippen LogP) is 1.85. The van der Waals surface area contributed by atoms with Gasteiger partial charge in [0.15, 0.2) is 11.3 Å². The Hall–Kier alpha value is -3.21. The molecule has 0 spiro atoms. The summed E-state index contributed by atoms with van der Waals surface area (Å²) < 4.78 is 26.5. The van der Waals surface area contributed by atoms with Gasteiger partial charge in [-0.1, -0.05) is 0 Å². The zero-order chi connectivity index (χ0) is 22.9. The van der Waals surface area contributed by atoms with Gasteiger partial charge in [0.05, 0.1) is 26.4 Å². The van der Waals surface area contributed by atoms with E-state index >= 15 is 0 Å². The van der Waals surface area contributed by atoms with Gasteiger partial charge in [-0.3, -0.25) is 4.79 Å². The number of fused-ring (bicyclic) bond motifs is 1. The first-order chi connectivity index (χ1) is 15.6. The number of pyridine rings is 1. The van der Waals surface area contributed by atoms with Crippen LogP contribution in [-0.2, 0) is 33.3 Å². The summed E-state index contributed by atoms with van der Waals surface area (Å²) in [5, 5.41) is 0.831. The molecule has 0 atom stereocenters. The molecule has 10 nitrogen and oxygen atoms in total. The highest BCUT2D eigenvalue weighted by Gasteiger charge is 2.38. The van der Waals surface area contributed by atoms with Crippen molar-refractivity contribution in [2.45, 2.75) is 6.92 Å². The normalized spacial score (nSPS) is 15.0. The third-order valence-electron chi connectivity index (χ3n) is 4.64. The highest BCUT2D eigenvalue weighted by molar-refractivity contribution is 6.26. The van der Waals surface area contributed by atoms with E-state index in [1.807, 2.05) is 6.07 Å². The molecule has 0 saturated heterocycles. The molecular weight excluding hydrogens is 418 g/mol. The minimum absolute atomic E-state index is 0.0310. The van der Waals surface area contributed by atoms with Crippen molar-refractivity contribution in [1.82, 2.24) is 14.9 Å². The fourth-order valence-electron chi connectivity index (χ4n) is 3.03. The van der Waals surface area contributed by atoms with Crippen LogP contribution in [0.3, 0.4) is 0 Å². The number of methoxy groups -OCH3 is 1. The molecule has 0 saturated carbocycles. The van der Waals surface area contributed by atoms with Gasteiger partial charge in [-0.2, -0.15) is 0 Å². The van der Waals surface area contributed by atoms with Crippen LogP contribution >= 0.6 is 0 Å². The molecule has 0 amide bonds. The first-order valence-electron chi connectivity index (χ1n) is 10.2. The van der Waals surface area contributed by atoms with Gasteiger partial charge in [0, 0.05) is 44.0 Å². The standard InChI is InChI=1S/C22H27N3O7/c1-4-31-22(27)18-19(26)17(12-15-13-24-20-16(15)6-5-7-23-20)32-21(18)25(2)8-9-29-14-30-11-10-28-3/h5-7,12-13H,4,8-11,14H2,1-3H3,(H,23,24). The largest absolute Gasteiger partial charge is 0.462 e. The molecule has 32 heavy (non-hydrogen) atoms. The number of ketones is 1. The number of rotatable bonds is 12. The summed E-state index contributed by atoms with van der Waals surface area (Å²) in [5.74, 6) is -1.11. The van der Waals surface area contributed by atoms with Crippen molar-refractivity contribution in [3.63, 3.8) is 0 Å². The molecule has 0 fully saturated rings.